The van der Waals surface area contributed by atoms with E-state index >= 15 is 0 Å². The van der Waals surface area contributed by atoms with E-state index in [4.69, 9.17) is 0 Å². The zero-order valence-electron chi connectivity index (χ0n) is 10.2. The number of methoxy groups -OCH3 is 1. The van der Waals surface area contributed by atoms with Crippen LogP contribution in [0.3, 0.4) is 0 Å². The molecule has 90 valence electrons. The van der Waals surface area contributed by atoms with Crippen molar-refractivity contribution in [2.24, 2.45) is 11.7 Å². The minimum atomic E-state index is -0.745. The fraction of sp³-hybridized carbons (Fsp3) is 0.818. The average Bonchev–Trinajstić information content (AvgIpc) is 2.75. The lowest BCUT2D eigenvalue weighted by molar-refractivity contribution is -0.120. The highest BCUT2D eigenvalue weighted by atomic mass is 16.5. The number of rotatable bonds is 1. The number of ether oxygens (including phenoxy) is 1. The third-order valence-corrected chi connectivity index (χ3v) is 2.13. The highest BCUT2D eigenvalue weighted by molar-refractivity contribution is 5.78. The van der Waals surface area contributed by atoms with Crippen molar-refractivity contribution in [3.63, 3.8) is 0 Å². The fourth-order valence-electron chi connectivity index (χ4n) is 1.33. The Morgan fingerprint density at radius 1 is 1.20 bits per heavy atom. The molecule has 0 unspecified atom stereocenters. The molecule has 1 rings (SSSR count). The SMILES string of the molecule is CC.CC(=O)C1CCCC1.COC(N)=O. The van der Waals surface area contributed by atoms with E-state index in [1.54, 1.807) is 6.92 Å². The molecule has 0 heterocycles. The van der Waals surface area contributed by atoms with Gasteiger partial charge < -0.3 is 10.5 Å². The van der Waals surface area contributed by atoms with E-state index in [-0.39, 0.29) is 0 Å². The summed E-state index contributed by atoms with van der Waals surface area (Å²) in [6, 6.07) is 0. The first-order chi connectivity index (χ1) is 7.07. The Balaban J connectivity index is 0. The maximum absolute atomic E-state index is 10.6. The van der Waals surface area contributed by atoms with E-state index in [1.807, 2.05) is 13.8 Å². The molecule has 0 saturated heterocycles. The van der Waals surface area contributed by atoms with E-state index < -0.39 is 6.09 Å². The minimum Gasteiger partial charge on any atom is -0.453 e. The smallest absolute Gasteiger partial charge is 0.404 e. The zero-order chi connectivity index (χ0) is 12.3. The topological polar surface area (TPSA) is 69.4 Å². The van der Waals surface area contributed by atoms with Crippen molar-refractivity contribution in [3.05, 3.63) is 0 Å². The van der Waals surface area contributed by atoms with Crippen molar-refractivity contribution in [2.75, 3.05) is 7.11 Å². The van der Waals surface area contributed by atoms with Gasteiger partial charge in [-0.25, -0.2) is 4.79 Å². The van der Waals surface area contributed by atoms with Crippen LogP contribution in [0.4, 0.5) is 4.79 Å². The van der Waals surface area contributed by atoms with Gasteiger partial charge in [0.05, 0.1) is 7.11 Å². The molecule has 1 amide bonds. The number of hydrogen-bond donors (Lipinski definition) is 1. The molecule has 2 N–H and O–H groups in total. The Morgan fingerprint density at radius 3 is 1.67 bits per heavy atom. The third-order valence-electron chi connectivity index (χ3n) is 2.13. The predicted molar refractivity (Wildman–Crippen MR) is 60.6 cm³/mol. The van der Waals surface area contributed by atoms with Gasteiger partial charge in [-0.05, 0) is 19.8 Å². The van der Waals surface area contributed by atoms with Gasteiger partial charge in [-0.3, -0.25) is 4.79 Å². The van der Waals surface area contributed by atoms with Crippen LogP contribution in [0, 0.1) is 5.92 Å². The van der Waals surface area contributed by atoms with Crippen LogP contribution < -0.4 is 5.73 Å². The predicted octanol–water partition coefficient (Wildman–Crippen LogP) is 2.50. The van der Waals surface area contributed by atoms with Crippen LogP contribution in [0.1, 0.15) is 46.5 Å². The van der Waals surface area contributed by atoms with E-state index in [9.17, 15) is 9.59 Å². The number of nitrogens with two attached hydrogens (primary N) is 1. The Morgan fingerprint density at radius 2 is 1.53 bits per heavy atom. The quantitative estimate of drug-likeness (QED) is 0.733. The number of amides is 1. The minimum absolute atomic E-state index is 0.391. The molecule has 0 aromatic rings. The summed E-state index contributed by atoms with van der Waals surface area (Å²) in [6.45, 7) is 5.70. The number of hydrogen-bond acceptors (Lipinski definition) is 3. The van der Waals surface area contributed by atoms with Crippen molar-refractivity contribution in [1.29, 1.82) is 0 Å². The van der Waals surface area contributed by atoms with Crippen LogP contribution in [-0.4, -0.2) is 19.0 Å². The summed E-state index contributed by atoms with van der Waals surface area (Å²) in [7, 11) is 1.22. The molecule has 1 saturated carbocycles. The van der Waals surface area contributed by atoms with Gasteiger partial charge in [0.25, 0.3) is 0 Å². The average molecular weight is 217 g/mol. The van der Waals surface area contributed by atoms with Crippen LogP contribution >= 0.6 is 0 Å². The van der Waals surface area contributed by atoms with Gasteiger partial charge in [-0.2, -0.15) is 0 Å². The lowest BCUT2D eigenvalue weighted by atomic mass is 10.0. The molecule has 0 aliphatic heterocycles. The second-order valence-electron chi connectivity index (χ2n) is 3.12. The maximum atomic E-state index is 10.6. The number of carbonyl (C=O) groups is 2. The lowest BCUT2D eigenvalue weighted by Gasteiger charge is -1.99. The van der Waals surface area contributed by atoms with Crippen molar-refractivity contribution in [1.82, 2.24) is 0 Å². The molecule has 0 aromatic carbocycles. The van der Waals surface area contributed by atoms with Gasteiger partial charge in [-0.15, -0.1) is 0 Å². The molecule has 0 bridgehead atoms. The van der Waals surface area contributed by atoms with Gasteiger partial charge in [-0.1, -0.05) is 26.7 Å². The Bertz CT molecular complexity index is 175. The Hall–Kier alpha value is -1.06. The van der Waals surface area contributed by atoms with Crippen LogP contribution in [-0.2, 0) is 9.53 Å². The second kappa shape index (κ2) is 11.0. The van der Waals surface area contributed by atoms with Gasteiger partial charge in [0.2, 0.25) is 0 Å². The van der Waals surface area contributed by atoms with Crippen molar-refractivity contribution >= 4 is 11.9 Å². The van der Waals surface area contributed by atoms with Crippen LogP contribution in [0.2, 0.25) is 0 Å². The molecule has 15 heavy (non-hydrogen) atoms. The van der Waals surface area contributed by atoms with Gasteiger partial charge in [0, 0.05) is 5.92 Å². The van der Waals surface area contributed by atoms with Gasteiger partial charge in [0.15, 0.2) is 0 Å². The summed E-state index contributed by atoms with van der Waals surface area (Å²) in [5.41, 5.74) is 4.43. The normalized spacial score (nSPS) is 14.1. The summed E-state index contributed by atoms with van der Waals surface area (Å²) in [5.74, 6) is 0.817. The summed E-state index contributed by atoms with van der Waals surface area (Å²) < 4.78 is 3.89. The molecule has 0 spiro atoms. The van der Waals surface area contributed by atoms with Gasteiger partial charge >= 0.3 is 6.09 Å². The van der Waals surface area contributed by atoms with E-state index in [0.717, 1.165) is 12.8 Å². The standard InChI is InChI=1S/C7H12O.C2H5NO2.C2H6/c1-6(8)7-4-2-3-5-7;1-5-2(3)4;1-2/h7H,2-5H2,1H3;1H3,(H2,3,4);1-2H3. The van der Waals surface area contributed by atoms with Crippen LogP contribution in [0.15, 0.2) is 0 Å². The molecule has 1 aliphatic carbocycles. The highest BCUT2D eigenvalue weighted by Crippen LogP contribution is 2.24. The summed E-state index contributed by atoms with van der Waals surface area (Å²) in [4.78, 5) is 20.0. The van der Waals surface area contributed by atoms with Crippen molar-refractivity contribution in [3.8, 4) is 0 Å². The number of primary amides is 1. The number of ketones is 1. The molecule has 4 nitrogen and oxygen atoms in total. The molecule has 1 aliphatic rings. The number of carbonyl (C=O) groups excluding carboxylic acids is 2. The monoisotopic (exact) mass is 217 g/mol. The number of Topliss-reactive ketones (excluding diaryl/α,β-unsaturated/α-hetero) is 1. The molecule has 0 radical (unpaired) electrons. The van der Waals surface area contributed by atoms with Crippen molar-refractivity contribution < 1.29 is 14.3 Å². The van der Waals surface area contributed by atoms with Crippen molar-refractivity contribution in [2.45, 2.75) is 46.5 Å². The second-order valence-corrected chi connectivity index (χ2v) is 3.12. The molecule has 0 aromatic heterocycles. The Labute approximate surface area is 92.2 Å². The highest BCUT2D eigenvalue weighted by Gasteiger charge is 2.18. The first-order valence-electron chi connectivity index (χ1n) is 5.41. The lowest BCUT2D eigenvalue weighted by Crippen LogP contribution is -2.08. The van der Waals surface area contributed by atoms with Crippen LogP contribution in [0.5, 0.6) is 0 Å². The molecule has 4 heteroatoms. The van der Waals surface area contributed by atoms with E-state index in [0.29, 0.717) is 11.7 Å². The van der Waals surface area contributed by atoms with Crippen LogP contribution in [0.25, 0.3) is 0 Å². The largest absolute Gasteiger partial charge is 0.453 e. The van der Waals surface area contributed by atoms with E-state index in [1.165, 1.54) is 20.0 Å². The zero-order valence-corrected chi connectivity index (χ0v) is 10.2. The summed E-state index contributed by atoms with van der Waals surface area (Å²) in [5, 5.41) is 0. The third kappa shape index (κ3) is 10.9. The Kier molecular flexibility index (Phi) is 12.0. The molecular formula is C11H23NO3. The first-order valence-corrected chi connectivity index (χ1v) is 5.41. The maximum Gasteiger partial charge on any atom is 0.404 e. The molecule has 0 atom stereocenters. The van der Waals surface area contributed by atoms with E-state index in [2.05, 4.69) is 10.5 Å². The summed E-state index contributed by atoms with van der Waals surface area (Å²) in [6.07, 6.45) is 4.09. The first kappa shape index (κ1) is 16.4. The van der Waals surface area contributed by atoms with Gasteiger partial charge in [0.1, 0.15) is 5.78 Å². The molecular weight excluding hydrogens is 194 g/mol. The molecule has 1 fully saturated rings. The fourth-order valence-corrected chi connectivity index (χ4v) is 1.33. The summed E-state index contributed by atoms with van der Waals surface area (Å²) >= 11 is 0.